The predicted molar refractivity (Wildman–Crippen MR) is 140 cm³/mol. The van der Waals surface area contributed by atoms with Crippen molar-refractivity contribution in [3.05, 3.63) is 78.2 Å². The molecule has 0 unspecified atom stereocenters. The first kappa shape index (κ1) is 24.3. The number of H-pyrrole nitrogens is 1. The Bertz CT molecular complexity index is 1400. The number of aromatic nitrogens is 3. The maximum absolute atomic E-state index is 13.4. The molecule has 2 aromatic carbocycles. The van der Waals surface area contributed by atoms with Crippen LogP contribution in [-0.4, -0.2) is 44.5 Å². The molecular weight excluding hydrogens is 470 g/mol. The number of aromatic amines is 1. The minimum atomic E-state index is -0.537. The molecule has 1 fully saturated rings. The number of anilines is 1. The number of benzene rings is 2. The lowest BCUT2D eigenvalue weighted by Crippen LogP contribution is -2.50. The number of hydrogen-bond donors (Lipinski definition) is 3. The lowest BCUT2D eigenvalue weighted by atomic mass is 9.86. The van der Waals surface area contributed by atoms with E-state index in [-0.39, 0.29) is 17.9 Å². The number of ketones is 1. The average Bonchev–Trinajstić information content (AvgIpc) is 3.27. The van der Waals surface area contributed by atoms with E-state index in [4.69, 9.17) is 9.47 Å². The van der Waals surface area contributed by atoms with E-state index in [1.165, 1.54) is 6.33 Å². The van der Waals surface area contributed by atoms with E-state index < -0.39 is 11.7 Å². The van der Waals surface area contributed by atoms with Gasteiger partial charge in [0.2, 0.25) is 0 Å². The Hall–Kier alpha value is -4.40. The summed E-state index contributed by atoms with van der Waals surface area (Å²) in [5.41, 5.74) is 1.05. The molecule has 1 amide bonds. The zero-order valence-corrected chi connectivity index (χ0v) is 20.9. The second-order valence-corrected chi connectivity index (χ2v) is 10.1. The number of ether oxygens (including phenoxy) is 2. The molecule has 0 saturated heterocycles. The number of alkyl carbamates (subject to hydrolysis) is 1. The van der Waals surface area contributed by atoms with Crippen LogP contribution >= 0.6 is 0 Å². The van der Waals surface area contributed by atoms with Gasteiger partial charge in [0.25, 0.3) is 0 Å². The zero-order valence-electron chi connectivity index (χ0n) is 20.9. The molecule has 190 valence electrons. The van der Waals surface area contributed by atoms with Crippen LogP contribution in [0, 0.1) is 0 Å². The molecule has 0 atom stereocenters. The highest BCUT2D eigenvalue weighted by atomic mass is 16.6. The van der Waals surface area contributed by atoms with Gasteiger partial charge in [-0.15, -0.1) is 0 Å². The van der Waals surface area contributed by atoms with E-state index in [0.29, 0.717) is 33.7 Å². The van der Waals surface area contributed by atoms with E-state index in [0.717, 1.165) is 18.6 Å². The molecule has 0 radical (unpaired) electrons. The summed E-state index contributed by atoms with van der Waals surface area (Å²) in [5, 5.41) is 6.93. The summed E-state index contributed by atoms with van der Waals surface area (Å²) < 4.78 is 11.2. The Morgan fingerprint density at radius 2 is 1.65 bits per heavy atom. The molecule has 4 aromatic rings. The van der Waals surface area contributed by atoms with E-state index in [2.05, 4.69) is 25.6 Å². The van der Waals surface area contributed by atoms with Crippen molar-refractivity contribution in [2.24, 2.45) is 0 Å². The van der Waals surface area contributed by atoms with Crippen LogP contribution in [0.2, 0.25) is 0 Å². The van der Waals surface area contributed by atoms with Gasteiger partial charge in [-0.2, -0.15) is 0 Å². The van der Waals surface area contributed by atoms with Crippen molar-refractivity contribution in [3.8, 4) is 11.5 Å². The Kier molecular flexibility index (Phi) is 6.52. The fraction of sp³-hybridized carbons (Fsp3) is 0.286. The van der Waals surface area contributed by atoms with Crippen LogP contribution in [0.15, 0.2) is 67.1 Å². The lowest BCUT2D eigenvalue weighted by Gasteiger charge is -2.37. The third kappa shape index (κ3) is 5.72. The smallest absolute Gasteiger partial charge is 0.407 e. The summed E-state index contributed by atoms with van der Waals surface area (Å²) in [6.45, 7) is 5.50. The van der Waals surface area contributed by atoms with Crippen molar-refractivity contribution in [1.82, 2.24) is 20.3 Å². The molecule has 1 aliphatic carbocycles. The van der Waals surface area contributed by atoms with Crippen LogP contribution < -0.4 is 15.4 Å². The minimum absolute atomic E-state index is 0.0219. The van der Waals surface area contributed by atoms with Gasteiger partial charge >= 0.3 is 6.09 Å². The summed E-state index contributed by atoms with van der Waals surface area (Å²) in [5.74, 6) is 1.81. The number of nitrogens with one attached hydrogen (secondary N) is 3. The zero-order chi connectivity index (χ0) is 26.0. The van der Waals surface area contributed by atoms with Crippen molar-refractivity contribution in [2.75, 3.05) is 5.32 Å². The maximum atomic E-state index is 13.4. The molecule has 0 bridgehead atoms. The van der Waals surface area contributed by atoms with Gasteiger partial charge in [-0.1, -0.05) is 18.2 Å². The van der Waals surface area contributed by atoms with Gasteiger partial charge in [0, 0.05) is 23.8 Å². The van der Waals surface area contributed by atoms with Gasteiger partial charge < -0.3 is 25.1 Å². The number of fused-ring (bicyclic) bond motifs is 1. The quantitative estimate of drug-likeness (QED) is 0.289. The first-order chi connectivity index (χ1) is 17.7. The maximum Gasteiger partial charge on any atom is 0.407 e. The fourth-order valence-corrected chi connectivity index (χ4v) is 4.23. The summed E-state index contributed by atoms with van der Waals surface area (Å²) in [6.07, 6.45) is 4.15. The van der Waals surface area contributed by atoms with Crippen LogP contribution in [-0.2, 0) is 4.74 Å². The number of para-hydroxylation sites is 1. The fourth-order valence-electron chi connectivity index (χ4n) is 4.23. The van der Waals surface area contributed by atoms with Crippen molar-refractivity contribution in [2.45, 2.75) is 51.3 Å². The molecule has 2 aromatic heterocycles. The van der Waals surface area contributed by atoms with Crippen LogP contribution in [0.3, 0.4) is 0 Å². The standard InChI is InChI=1S/C28H29N5O4/c1-28(2,3)37-27(35)33-19-13-18(14-19)32-26-23-22(15-29-25(23)30-16-31-26)24(34)17-9-11-21(12-10-17)36-20-7-5-4-6-8-20/h4-12,15-16,18-19H,13-14H2,1-3H3,(H,33,35)(H2,29,30,31,32)/t18-,19-. The second-order valence-electron chi connectivity index (χ2n) is 10.1. The number of amides is 1. The first-order valence-corrected chi connectivity index (χ1v) is 12.2. The lowest BCUT2D eigenvalue weighted by molar-refractivity contribution is 0.0475. The van der Waals surface area contributed by atoms with Gasteiger partial charge in [0.1, 0.15) is 34.9 Å². The minimum Gasteiger partial charge on any atom is -0.457 e. The molecule has 0 aliphatic heterocycles. The summed E-state index contributed by atoms with van der Waals surface area (Å²) in [6, 6.07) is 16.6. The van der Waals surface area contributed by atoms with E-state index in [9.17, 15) is 9.59 Å². The third-order valence-electron chi connectivity index (χ3n) is 6.01. The molecular formula is C28H29N5O4. The Balaban J connectivity index is 1.26. The van der Waals surface area contributed by atoms with Crippen LogP contribution in [0.5, 0.6) is 11.5 Å². The van der Waals surface area contributed by atoms with Gasteiger partial charge in [-0.05, 0) is 70.0 Å². The number of carbonyl (C=O) groups excluding carboxylic acids is 2. The molecule has 1 aliphatic rings. The first-order valence-electron chi connectivity index (χ1n) is 12.2. The molecule has 9 nitrogen and oxygen atoms in total. The number of carbonyl (C=O) groups is 2. The SMILES string of the molecule is CC(C)(C)OC(=O)N[C@H]1C[C@H](Nc2ncnc3[nH]cc(C(=O)c4ccc(Oc5ccccc5)cc4)c23)C1. The number of hydrogen-bond acceptors (Lipinski definition) is 7. The Labute approximate surface area is 214 Å². The second kappa shape index (κ2) is 9.93. The van der Waals surface area contributed by atoms with E-state index in [1.54, 1.807) is 30.5 Å². The monoisotopic (exact) mass is 499 g/mol. The molecule has 37 heavy (non-hydrogen) atoms. The largest absolute Gasteiger partial charge is 0.457 e. The van der Waals surface area contributed by atoms with Gasteiger partial charge in [0.15, 0.2) is 5.78 Å². The highest BCUT2D eigenvalue weighted by Gasteiger charge is 2.32. The normalized spacial score (nSPS) is 17.1. The van der Waals surface area contributed by atoms with Crippen LogP contribution in [0.1, 0.15) is 49.5 Å². The van der Waals surface area contributed by atoms with E-state index >= 15 is 0 Å². The molecule has 0 spiro atoms. The molecule has 1 saturated carbocycles. The number of nitrogens with zero attached hydrogens (tertiary/aromatic N) is 2. The van der Waals surface area contributed by atoms with Crippen molar-refractivity contribution in [3.63, 3.8) is 0 Å². The predicted octanol–water partition coefficient (Wildman–Crippen LogP) is 5.45. The Morgan fingerprint density at radius 1 is 0.946 bits per heavy atom. The highest BCUT2D eigenvalue weighted by Crippen LogP contribution is 2.30. The highest BCUT2D eigenvalue weighted by molar-refractivity contribution is 6.18. The number of rotatable bonds is 7. The van der Waals surface area contributed by atoms with Gasteiger partial charge in [-0.3, -0.25) is 4.79 Å². The molecule has 2 heterocycles. The van der Waals surface area contributed by atoms with Crippen molar-refractivity contribution >= 4 is 28.7 Å². The van der Waals surface area contributed by atoms with E-state index in [1.807, 2.05) is 51.1 Å². The van der Waals surface area contributed by atoms with Crippen molar-refractivity contribution in [1.29, 1.82) is 0 Å². The summed E-state index contributed by atoms with van der Waals surface area (Å²) in [4.78, 5) is 37.2. The van der Waals surface area contributed by atoms with Crippen LogP contribution in [0.4, 0.5) is 10.6 Å². The average molecular weight is 500 g/mol. The van der Waals surface area contributed by atoms with Gasteiger partial charge in [0.05, 0.1) is 10.9 Å². The summed E-state index contributed by atoms with van der Waals surface area (Å²) >= 11 is 0. The summed E-state index contributed by atoms with van der Waals surface area (Å²) in [7, 11) is 0. The van der Waals surface area contributed by atoms with Gasteiger partial charge in [-0.25, -0.2) is 14.8 Å². The molecule has 3 N–H and O–H groups in total. The molecule has 5 rings (SSSR count). The van der Waals surface area contributed by atoms with Crippen molar-refractivity contribution < 1.29 is 19.1 Å². The third-order valence-corrected chi connectivity index (χ3v) is 6.01. The topological polar surface area (TPSA) is 118 Å². The molecule has 9 heteroatoms. The van der Waals surface area contributed by atoms with Crippen LogP contribution in [0.25, 0.3) is 11.0 Å². The Morgan fingerprint density at radius 3 is 2.35 bits per heavy atom.